The van der Waals surface area contributed by atoms with Crippen molar-refractivity contribution in [1.82, 2.24) is 4.90 Å². The Morgan fingerprint density at radius 1 is 1.07 bits per heavy atom. The van der Waals surface area contributed by atoms with Gasteiger partial charge in [0.05, 0.1) is 7.11 Å². The molecule has 0 bridgehead atoms. The second-order valence-corrected chi connectivity index (χ2v) is 7.59. The van der Waals surface area contributed by atoms with E-state index in [9.17, 15) is 4.79 Å². The lowest BCUT2D eigenvalue weighted by Gasteiger charge is -2.35. The molecule has 6 heteroatoms. The number of furan rings is 1. The van der Waals surface area contributed by atoms with Crippen molar-refractivity contribution in [2.75, 3.05) is 38.2 Å². The van der Waals surface area contributed by atoms with Gasteiger partial charge in [-0.3, -0.25) is 4.79 Å². The van der Waals surface area contributed by atoms with Crippen LogP contribution in [0.1, 0.15) is 16.1 Å². The molecule has 1 aromatic heterocycles. The number of aryl methyl sites for hydroxylation is 1. The standard InChI is InChI=1S/C21H21BrN2O3/c1-14-18-13-15(22)3-8-19(18)27-20(14)21(25)24-11-9-23(10-12-24)16-4-6-17(26-2)7-5-16/h3-8,13H,9-12H2,1-2H3. The normalized spacial score (nSPS) is 14.6. The Morgan fingerprint density at radius 3 is 2.44 bits per heavy atom. The minimum absolute atomic E-state index is 0.0331. The molecule has 2 heterocycles. The van der Waals surface area contributed by atoms with Gasteiger partial charge in [0.25, 0.3) is 5.91 Å². The molecular weight excluding hydrogens is 408 g/mol. The number of amides is 1. The molecule has 4 rings (SSSR count). The summed E-state index contributed by atoms with van der Waals surface area (Å²) in [5.41, 5.74) is 2.79. The number of ether oxygens (including phenoxy) is 1. The Kier molecular flexibility index (Phi) is 4.83. The third-order valence-corrected chi connectivity index (χ3v) is 5.59. The first-order chi connectivity index (χ1) is 13.1. The van der Waals surface area contributed by atoms with Crippen molar-refractivity contribution in [1.29, 1.82) is 0 Å². The zero-order valence-corrected chi connectivity index (χ0v) is 17.0. The predicted octanol–water partition coefficient (Wildman–Crippen LogP) is 4.47. The largest absolute Gasteiger partial charge is 0.497 e. The van der Waals surface area contributed by atoms with Crippen molar-refractivity contribution in [3.8, 4) is 5.75 Å². The number of benzene rings is 2. The van der Waals surface area contributed by atoms with E-state index in [2.05, 4.69) is 33.0 Å². The Bertz CT molecular complexity index is 973. The number of rotatable bonds is 3. The van der Waals surface area contributed by atoms with Gasteiger partial charge in [-0.2, -0.15) is 0 Å². The van der Waals surface area contributed by atoms with Gasteiger partial charge in [0.2, 0.25) is 0 Å². The van der Waals surface area contributed by atoms with Crippen molar-refractivity contribution in [2.24, 2.45) is 0 Å². The van der Waals surface area contributed by atoms with E-state index in [1.165, 1.54) is 0 Å². The van der Waals surface area contributed by atoms with Crippen LogP contribution in [-0.2, 0) is 0 Å². The zero-order chi connectivity index (χ0) is 19.0. The molecular formula is C21H21BrN2O3. The summed E-state index contributed by atoms with van der Waals surface area (Å²) in [5, 5.41) is 0.976. The molecule has 1 amide bonds. The van der Waals surface area contributed by atoms with Crippen molar-refractivity contribution in [2.45, 2.75) is 6.92 Å². The van der Waals surface area contributed by atoms with E-state index in [0.29, 0.717) is 18.8 Å². The number of carbonyl (C=O) groups excluding carboxylic acids is 1. The van der Waals surface area contributed by atoms with Gasteiger partial charge in [-0.05, 0) is 49.4 Å². The molecule has 0 radical (unpaired) electrons. The fourth-order valence-electron chi connectivity index (χ4n) is 3.50. The van der Waals surface area contributed by atoms with E-state index in [4.69, 9.17) is 9.15 Å². The van der Waals surface area contributed by atoms with Gasteiger partial charge < -0.3 is 19.0 Å². The number of fused-ring (bicyclic) bond motifs is 1. The van der Waals surface area contributed by atoms with Crippen LogP contribution >= 0.6 is 15.9 Å². The minimum Gasteiger partial charge on any atom is -0.497 e. The molecule has 1 aliphatic heterocycles. The maximum absolute atomic E-state index is 13.0. The third-order valence-electron chi connectivity index (χ3n) is 5.10. The number of carbonyl (C=O) groups is 1. The van der Waals surface area contributed by atoms with Gasteiger partial charge >= 0.3 is 0 Å². The number of halogens is 1. The quantitative estimate of drug-likeness (QED) is 0.616. The smallest absolute Gasteiger partial charge is 0.290 e. The molecule has 1 fully saturated rings. The summed E-state index contributed by atoms with van der Waals surface area (Å²) >= 11 is 3.48. The summed E-state index contributed by atoms with van der Waals surface area (Å²) in [6, 6.07) is 13.8. The highest BCUT2D eigenvalue weighted by molar-refractivity contribution is 9.10. The van der Waals surface area contributed by atoms with E-state index in [0.717, 1.165) is 45.5 Å². The lowest BCUT2D eigenvalue weighted by molar-refractivity contribution is 0.0716. The number of methoxy groups -OCH3 is 1. The van der Waals surface area contributed by atoms with E-state index >= 15 is 0 Å². The van der Waals surface area contributed by atoms with Crippen molar-refractivity contribution in [3.05, 3.63) is 58.3 Å². The van der Waals surface area contributed by atoms with E-state index < -0.39 is 0 Å². The molecule has 5 nitrogen and oxygen atoms in total. The van der Waals surface area contributed by atoms with E-state index in [1.54, 1.807) is 7.11 Å². The van der Waals surface area contributed by atoms with Gasteiger partial charge in [-0.15, -0.1) is 0 Å². The highest BCUT2D eigenvalue weighted by Gasteiger charge is 2.26. The van der Waals surface area contributed by atoms with Crippen LogP contribution in [-0.4, -0.2) is 44.1 Å². The molecule has 0 N–H and O–H groups in total. The van der Waals surface area contributed by atoms with Crippen LogP contribution in [0.3, 0.4) is 0 Å². The molecule has 0 unspecified atom stereocenters. The fourth-order valence-corrected chi connectivity index (χ4v) is 3.86. The number of piperazine rings is 1. The highest BCUT2D eigenvalue weighted by atomic mass is 79.9. The summed E-state index contributed by atoms with van der Waals surface area (Å²) in [5.74, 6) is 1.26. The maximum atomic E-state index is 13.0. The van der Waals surface area contributed by atoms with Gasteiger partial charge in [-0.1, -0.05) is 15.9 Å². The average molecular weight is 429 g/mol. The van der Waals surface area contributed by atoms with Gasteiger partial charge in [0.1, 0.15) is 11.3 Å². The fraction of sp³-hybridized carbons (Fsp3) is 0.286. The molecule has 1 saturated heterocycles. The molecule has 2 aromatic carbocycles. The minimum atomic E-state index is -0.0331. The second-order valence-electron chi connectivity index (χ2n) is 6.67. The van der Waals surface area contributed by atoms with Crippen molar-refractivity contribution in [3.63, 3.8) is 0 Å². The van der Waals surface area contributed by atoms with Crippen LogP contribution in [0, 0.1) is 6.92 Å². The first-order valence-corrected chi connectivity index (χ1v) is 9.73. The first kappa shape index (κ1) is 17.9. The molecule has 0 aliphatic carbocycles. The zero-order valence-electron chi connectivity index (χ0n) is 15.4. The van der Waals surface area contributed by atoms with Crippen molar-refractivity contribution >= 4 is 38.5 Å². The lowest BCUT2D eigenvalue weighted by Crippen LogP contribution is -2.48. The van der Waals surface area contributed by atoms with Crippen LogP contribution in [0.4, 0.5) is 5.69 Å². The number of hydrogen-bond donors (Lipinski definition) is 0. The van der Waals surface area contributed by atoms with E-state index in [-0.39, 0.29) is 5.91 Å². The van der Waals surface area contributed by atoms with E-state index in [1.807, 2.05) is 42.2 Å². The topological polar surface area (TPSA) is 45.9 Å². The summed E-state index contributed by atoms with van der Waals surface area (Å²) in [4.78, 5) is 17.1. The van der Waals surface area contributed by atoms with Crippen molar-refractivity contribution < 1.29 is 13.9 Å². The summed E-state index contributed by atoms with van der Waals surface area (Å²) < 4.78 is 12.1. The second kappa shape index (κ2) is 7.27. The van der Waals surface area contributed by atoms with Crippen LogP contribution in [0.15, 0.2) is 51.4 Å². The van der Waals surface area contributed by atoms with Crippen LogP contribution < -0.4 is 9.64 Å². The molecule has 27 heavy (non-hydrogen) atoms. The third kappa shape index (κ3) is 3.41. The van der Waals surface area contributed by atoms with Crippen LogP contribution in [0.25, 0.3) is 11.0 Å². The summed E-state index contributed by atoms with van der Waals surface area (Å²) in [6.07, 6.45) is 0. The monoisotopic (exact) mass is 428 g/mol. The Hall–Kier alpha value is -2.47. The summed E-state index contributed by atoms with van der Waals surface area (Å²) in [6.45, 7) is 4.88. The average Bonchev–Trinajstić information content (AvgIpc) is 3.04. The lowest BCUT2D eigenvalue weighted by atomic mass is 10.1. The Morgan fingerprint density at radius 2 is 1.78 bits per heavy atom. The SMILES string of the molecule is COc1ccc(N2CCN(C(=O)c3oc4ccc(Br)cc4c3C)CC2)cc1. The summed E-state index contributed by atoms with van der Waals surface area (Å²) in [7, 11) is 1.66. The van der Waals surface area contributed by atoms with Gasteiger partial charge in [0, 0.05) is 47.3 Å². The molecule has 1 aliphatic rings. The van der Waals surface area contributed by atoms with Gasteiger partial charge in [-0.25, -0.2) is 0 Å². The van der Waals surface area contributed by atoms with Crippen LogP contribution in [0.2, 0.25) is 0 Å². The molecule has 0 saturated carbocycles. The molecule has 140 valence electrons. The Labute approximate surface area is 166 Å². The predicted molar refractivity (Wildman–Crippen MR) is 110 cm³/mol. The van der Waals surface area contributed by atoms with Crippen LogP contribution in [0.5, 0.6) is 5.75 Å². The molecule has 3 aromatic rings. The number of nitrogens with zero attached hydrogens (tertiary/aromatic N) is 2. The Balaban J connectivity index is 1.47. The highest BCUT2D eigenvalue weighted by Crippen LogP contribution is 2.29. The molecule has 0 atom stereocenters. The maximum Gasteiger partial charge on any atom is 0.290 e. The first-order valence-electron chi connectivity index (χ1n) is 8.94. The number of hydrogen-bond acceptors (Lipinski definition) is 4. The van der Waals surface area contributed by atoms with Gasteiger partial charge in [0.15, 0.2) is 5.76 Å². The molecule has 0 spiro atoms. The number of anilines is 1.